The summed E-state index contributed by atoms with van der Waals surface area (Å²) in [6.07, 6.45) is 1.19. The van der Waals surface area contributed by atoms with Crippen molar-refractivity contribution < 1.29 is 30.8 Å². The number of hydrogen-bond donors (Lipinski definition) is 0. The Balaban J connectivity index is 1.77. The number of hydrogen-bond acceptors (Lipinski definition) is 4. The number of halogens is 4. The molecule has 1 saturated heterocycles. The van der Waals surface area contributed by atoms with Gasteiger partial charge in [-0.3, -0.25) is 9.78 Å². The number of carbonyl (C=O) groups excluding carboxylic acids is 1. The second kappa shape index (κ2) is 9.55. The molecule has 4 rings (SSSR count). The van der Waals surface area contributed by atoms with Gasteiger partial charge in [0.25, 0.3) is 0 Å². The molecule has 0 spiro atoms. The van der Waals surface area contributed by atoms with Crippen LogP contribution in [0.3, 0.4) is 0 Å². The van der Waals surface area contributed by atoms with Crippen molar-refractivity contribution in [1.82, 2.24) is 9.29 Å². The van der Waals surface area contributed by atoms with Crippen LogP contribution in [0.5, 0.6) is 0 Å². The van der Waals surface area contributed by atoms with Gasteiger partial charge >= 0.3 is 6.18 Å². The molecule has 10 heteroatoms. The van der Waals surface area contributed by atoms with Crippen molar-refractivity contribution >= 4 is 28.0 Å². The molecule has 1 aliphatic heterocycles. The van der Waals surface area contributed by atoms with E-state index in [9.17, 15) is 30.8 Å². The van der Waals surface area contributed by atoms with E-state index in [2.05, 4.69) is 4.98 Å². The number of nitrogens with zero attached hydrogens (tertiary/aromatic N) is 2. The number of rotatable bonds is 4. The van der Waals surface area contributed by atoms with Crippen LogP contribution in [-0.4, -0.2) is 36.6 Å². The van der Waals surface area contributed by atoms with Gasteiger partial charge in [-0.15, -0.1) is 0 Å². The van der Waals surface area contributed by atoms with Crippen LogP contribution < -0.4 is 0 Å². The predicted octanol–water partition coefficient (Wildman–Crippen LogP) is 4.98. The van der Waals surface area contributed by atoms with E-state index in [1.54, 1.807) is 18.2 Å². The first-order chi connectivity index (χ1) is 16.6. The highest BCUT2D eigenvalue weighted by Crippen LogP contribution is 2.31. The van der Waals surface area contributed by atoms with E-state index in [4.69, 9.17) is 0 Å². The minimum absolute atomic E-state index is 0.0251. The summed E-state index contributed by atoms with van der Waals surface area (Å²) in [5.74, 6) is -1.04. The molecule has 2 aromatic carbocycles. The number of alkyl halides is 3. The first-order valence-electron chi connectivity index (χ1n) is 10.3. The largest absolute Gasteiger partial charge is 0.416 e. The first-order valence-corrected chi connectivity index (χ1v) is 11.8. The molecule has 35 heavy (non-hydrogen) atoms. The van der Waals surface area contributed by atoms with Gasteiger partial charge in [-0.2, -0.15) is 17.5 Å². The maximum atomic E-state index is 14.2. The summed E-state index contributed by atoms with van der Waals surface area (Å²) in [5, 5.41) is 0. The molecule has 0 unspecified atom stereocenters. The average Bonchev–Trinajstić information content (AvgIpc) is 2.83. The van der Waals surface area contributed by atoms with E-state index in [1.807, 2.05) is 0 Å². The lowest BCUT2D eigenvalue weighted by Gasteiger charge is -2.29. The quantitative estimate of drug-likeness (QED) is 0.373. The van der Waals surface area contributed by atoms with Crippen LogP contribution in [-0.2, 0) is 21.0 Å². The summed E-state index contributed by atoms with van der Waals surface area (Å²) < 4.78 is 80.6. The Morgan fingerprint density at radius 2 is 1.46 bits per heavy atom. The van der Waals surface area contributed by atoms with Crippen molar-refractivity contribution in [1.29, 1.82) is 0 Å². The Labute approximate surface area is 199 Å². The summed E-state index contributed by atoms with van der Waals surface area (Å²) in [5.41, 5.74) is -0.128. The van der Waals surface area contributed by atoms with E-state index in [1.165, 1.54) is 42.7 Å². The van der Waals surface area contributed by atoms with Crippen molar-refractivity contribution in [2.75, 3.05) is 13.1 Å². The lowest BCUT2D eigenvalue weighted by molar-refractivity contribution is -0.137. The van der Waals surface area contributed by atoms with Gasteiger partial charge in [-0.05, 0) is 60.2 Å². The fourth-order valence-corrected chi connectivity index (χ4v) is 4.98. The van der Waals surface area contributed by atoms with Crippen molar-refractivity contribution in [3.63, 3.8) is 0 Å². The summed E-state index contributed by atoms with van der Waals surface area (Å²) in [7, 11) is -4.28. The highest BCUT2D eigenvalue weighted by atomic mass is 32.2. The zero-order chi connectivity index (χ0) is 25.2. The van der Waals surface area contributed by atoms with Gasteiger partial charge in [0, 0.05) is 42.2 Å². The third-order valence-electron chi connectivity index (χ3n) is 5.38. The van der Waals surface area contributed by atoms with Crippen LogP contribution in [0.1, 0.15) is 16.7 Å². The van der Waals surface area contributed by atoms with Crippen LogP contribution in [0.4, 0.5) is 17.6 Å². The molecular formula is C25H18F4N2O3S. The Morgan fingerprint density at radius 3 is 2.06 bits per heavy atom. The smallest absolute Gasteiger partial charge is 0.289 e. The second-order valence-electron chi connectivity index (χ2n) is 7.77. The maximum Gasteiger partial charge on any atom is 0.416 e. The van der Waals surface area contributed by atoms with Crippen molar-refractivity contribution in [3.05, 3.63) is 107 Å². The molecule has 0 atom stereocenters. The Bertz CT molecular complexity index is 1420. The average molecular weight is 502 g/mol. The highest BCUT2D eigenvalue weighted by Gasteiger charge is 2.35. The molecule has 0 N–H and O–H groups in total. The minimum Gasteiger partial charge on any atom is -0.289 e. The SMILES string of the molecule is O=C1/C(=C/c2ccncc2)CN(S(=O)(=O)c2ccc(C(F)(F)F)cc2)C/C1=C\c1ccccc1F. The van der Waals surface area contributed by atoms with Crippen LogP contribution in [0.15, 0.2) is 89.1 Å². The van der Waals surface area contributed by atoms with E-state index in [0.29, 0.717) is 17.7 Å². The van der Waals surface area contributed by atoms with Gasteiger partial charge in [-0.1, -0.05) is 18.2 Å². The first kappa shape index (κ1) is 24.5. The van der Waals surface area contributed by atoms with Gasteiger partial charge < -0.3 is 0 Å². The second-order valence-corrected chi connectivity index (χ2v) is 9.70. The van der Waals surface area contributed by atoms with Crippen LogP contribution in [0.25, 0.3) is 12.2 Å². The number of ketones is 1. The Hall–Kier alpha value is -3.63. The molecule has 0 amide bonds. The van der Waals surface area contributed by atoms with E-state index in [0.717, 1.165) is 16.4 Å². The summed E-state index contributed by atoms with van der Waals surface area (Å²) in [4.78, 5) is 16.7. The number of pyridine rings is 1. The van der Waals surface area contributed by atoms with Crippen LogP contribution in [0, 0.1) is 5.82 Å². The molecule has 1 aliphatic rings. The zero-order valence-electron chi connectivity index (χ0n) is 18.0. The van der Waals surface area contributed by atoms with Crippen molar-refractivity contribution in [2.45, 2.75) is 11.1 Å². The lowest BCUT2D eigenvalue weighted by Crippen LogP contribution is -2.41. The highest BCUT2D eigenvalue weighted by molar-refractivity contribution is 7.89. The molecule has 1 aromatic heterocycles. The van der Waals surface area contributed by atoms with E-state index < -0.39 is 33.4 Å². The van der Waals surface area contributed by atoms with E-state index >= 15 is 0 Å². The number of piperidine rings is 1. The molecule has 1 fully saturated rings. The molecule has 2 heterocycles. The third-order valence-corrected chi connectivity index (χ3v) is 7.18. The predicted molar refractivity (Wildman–Crippen MR) is 122 cm³/mol. The molecule has 0 aliphatic carbocycles. The Kier molecular flexibility index (Phi) is 6.68. The summed E-state index contributed by atoms with van der Waals surface area (Å²) in [6, 6.07) is 12.1. The minimum atomic E-state index is -4.62. The van der Waals surface area contributed by atoms with Crippen molar-refractivity contribution in [2.24, 2.45) is 0 Å². The van der Waals surface area contributed by atoms with Crippen LogP contribution in [0.2, 0.25) is 0 Å². The molecular weight excluding hydrogens is 484 g/mol. The van der Waals surface area contributed by atoms with Gasteiger partial charge in [0.05, 0.1) is 10.5 Å². The van der Waals surface area contributed by atoms with Gasteiger partial charge in [0.1, 0.15) is 5.82 Å². The number of sulfonamides is 1. The molecule has 0 bridgehead atoms. The molecule has 180 valence electrons. The number of benzene rings is 2. The van der Waals surface area contributed by atoms with Crippen LogP contribution >= 0.6 is 0 Å². The number of aromatic nitrogens is 1. The topological polar surface area (TPSA) is 67.3 Å². The van der Waals surface area contributed by atoms with Gasteiger partial charge in [0.2, 0.25) is 10.0 Å². The Morgan fingerprint density at radius 1 is 0.857 bits per heavy atom. The molecule has 5 nitrogen and oxygen atoms in total. The lowest BCUT2D eigenvalue weighted by atomic mass is 9.95. The molecule has 3 aromatic rings. The summed E-state index contributed by atoms with van der Waals surface area (Å²) >= 11 is 0. The number of Topliss-reactive ketones (excluding diaryl/α,β-unsaturated/α-hetero) is 1. The van der Waals surface area contributed by atoms with Gasteiger partial charge in [0.15, 0.2) is 5.78 Å². The maximum absolute atomic E-state index is 14.2. The van der Waals surface area contributed by atoms with Crippen molar-refractivity contribution in [3.8, 4) is 0 Å². The fourth-order valence-electron chi connectivity index (χ4n) is 3.58. The van der Waals surface area contributed by atoms with E-state index in [-0.39, 0.29) is 34.7 Å². The summed E-state index contributed by atoms with van der Waals surface area (Å²) in [6.45, 7) is -0.677. The monoisotopic (exact) mass is 502 g/mol. The zero-order valence-corrected chi connectivity index (χ0v) is 18.9. The molecule has 0 radical (unpaired) electrons. The standard InChI is InChI=1S/C25H18F4N2O3S/c26-23-4-2-1-3-18(23)14-20-16-31(15-19(24(20)32)13-17-9-11-30-12-10-17)35(33,34)22-7-5-21(6-8-22)25(27,28)29/h1-14H,15-16H2/b19-13+,20-14+. The number of carbonyl (C=O) groups is 1. The molecule has 0 saturated carbocycles. The fraction of sp³-hybridized carbons (Fsp3) is 0.120. The normalized spacial score (nSPS) is 17.8. The van der Waals surface area contributed by atoms with Gasteiger partial charge in [-0.25, -0.2) is 12.8 Å². The third kappa shape index (κ3) is 5.39.